The van der Waals surface area contributed by atoms with Crippen LogP contribution < -0.4 is 11.1 Å². The molecule has 3 fully saturated rings. The van der Waals surface area contributed by atoms with Gasteiger partial charge >= 0.3 is 17.9 Å². The first-order valence-electron chi connectivity index (χ1n) is 20.0. The summed E-state index contributed by atoms with van der Waals surface area (Å²) in [4.78, 5) is 86.3. The molecule has 3 aliphatic rings. The predicted molar refractivity (Wildman–Crippen MR) is 210 cm³/mol. The van der Waals surface area contributed by atoms with E-state index in [-0.39, 0.29) is 109 Å². The number of amidine groups is 1. The van der Waals surface area contributed by atoms with Crippen molar-refractivity contribution in [3.8, 4) is 0 Å². The smallest absolute Gasteiger partial charge is 0.317 e. The van der Waals surface area contributed by atoms with Crippen LogP contribution in [0, 0.1) is 0 Å². The summed E-state index contributed by atoms with van der Waals surface area (Å²) in [5.41, 5.74) is 6.31. The topological polar surface area (TPSA) is 230 Å². The number of aliphatic imine (C=N–C) groups is 1. The van der Waals surface area contributed by atoms with E-state index in [1.165, 1.54) is 68.0 Å². The van der Waals surface area contributed by atoms with Crippen LogP contribution in [0.1, 0.15) is 83.5 Å². The van der Waals surface area contributed by atoms with Gasteiger partial charge in [0.05, 0.1) is 43.3 Å². The molecule has 2 saturated heterocycles. The van der Waals surface area contributed by atoms with Gasteiger partial charge in [-0.15, -0.1) is 11.8 Å². The highest BCUT2D eigenvalue weighted by Gasteiger charge is 2.38. The highest BCUT2D eigenvalue weighted by atomic mass is 32.2. The van der Waals surface area contributed by atoms with Crippen molar-refractivity contribution in [1.29, 1.82) is 0 Å². The van der Waals surface area contributed by atoms with Gasteiger partial charge < -0.3 is 26.4 Å². The van der Waals surface area contributed by atoms with E-state index >= 15 is 0 Å². The number of carboxylic acid groups (broad SMARTS) is 3. The molecule has 2 heterocycles. The molecule has 0 spiro atoms. The predicted octanol–water partition coefficient (Wildman–Crippen LogP) is 0.859. The Morgan fingerprint density at radius 3 is 1.58 bits per heavy atom. The van der Waals surface area contributed by atoms with Crippen LogP contribution in [0.5, 0.6) is 0 Å². The van der Waals surface area contributed by atoms with Crippen LogP contribution in [0.2, 0.25) is 0 Å². The second-order valence-electron chi connectivity index (χ2n) is 14.9. The van der Waals surface area contributed by atoms with Crippen LogP contribution in [0.25, 0.3) is 0 Å². The number of nitrogens with zero attached hydrogens (tertiary/aromatic N) is 6. The fourth-order valence-corrected chi connectivity index (χ4v) is 8.37. The van der Waals surface area contributed by atoms with Crippen molar-refractivity contribution in [1.82, 2.24) is 29.8 Å². The van der Waals surface area contributed by atoms with Crippen molar-refractivity contribution < 1.29 is 44.1 Å². The van der Waals surface area contributed by atoms with Gasteiger partial charge in [-0.1, -0.05) is 51.4 Å². The Morgan fingerprint density at radius 2 is 1.13 bits per heavy atom. The van der Waals surface area contributed by atoms with Gasteiger partial charge in [0.1, 0.15) is 0 Å². The number of imide groups is 1. The van der Waals surface area contributed by atoms with Crippen molar-refractivity contribution >= 4 is 53.2 Å². The normalized spacial score (nSPS) is 22.1. The highest BCUT2D eigenvalue weighted by Crippen LogP contribution is 2.26. The first-order valence-corrected chi connectivity index (χ1v) is 21.0. The standard InChI is InChI=1S/C37H64N8O9S/c38-31(40-29-10-7-5-3-1-2-4-6-8-11-29)12-9-23-55-30-24-33(47)45(37(30)54)14-13-39-32(46)25-41-15-17-42(26-34(48)49)19-21-44(28-36(52)53)22-20-43(18-16-41)27-35(50)51/h29-30H,1-28H2,(H2,38,40)(H,39,46)(H,48,49)(H,50,51)(H,52,53). The van der Waals surface area contributed by atoms with E-state index in [4.69, 9.17) is 10.7 Å². The molecule has 0 aromatic carbocycles. The maximum atomic E-state index is 13.1. The SMILES string of the molecule is NC(CCCSC1CC(=O)N(CCNC(=O)CN2CCN(CC(=O)O)CCN(CC(=O)O)CCN(CC(=O)O)CC2)C1=O)=NC1CCCCCCCCCC1. The molecule has 1 atom stereocenters. The Labute approximate surface area is 329 Å². The molecule has 3 amide bonds. The number of thioether (sulfide) groups is 1. The van der Waals surface area contributed by atoms with Crippen LogP contribution in [0.4, 0.5) is 0 Å². The lowest BCUT2D eigenvalue weighted by Gasteiger charge is -2.32. The van der Waals surface area contributed by atoms with Gasteiger partial charge in [0.2, 0.25) is 17.7 Å². The summed E-state index contributed by atoms with van der Waals surface area (Å²) >= 11 is 1.46. The van der Waals surface area contributed by atoms with Gasteiger partial charge in [0, 0.05) is 78.3 Å². The molecule has 1 aliphatic carbocycles. The second-order valence-corrected chi connectivity index (χ2v) is 16.2. The van der Waals surface area contributed by atoms with Crippen LogP contribution in [-0.2, 0) is 28.8 Å². The maximum absolute atomic E-state index is 13.1. The molecular weight excluding hydrogens is 733 g/mol. The average Bonchev–Trinajstić information content (AvgIpc) is 3.35. The lowest BCUT2D eigenvalue weighted by atomic mass is 10.0. The molecule has 18 heteroatoms. The van der Waals surface area contributed by atoms with Crippen molar-refractivity contribution in [2.75, 3.05) is 97.4 Å². The maximum Gasteiger partial charge on any atom is 0.317 e. The third-order valence-electron chi connectivity index (χ3n) is 10.3. The molecule has 1 saturated carbocycles. The van der Waals surface area contributed by atoms with Gasteiger partial charge in [-0.2, -0.15) is 0 Å². The molecule has 312 valence electrons. The molecule has 0 radical (unpaired) electrons. The molecule has 6 N–H and O–H groups in total. The van der Waals surface area contributed by atoms with E-state index in [9.17, 15) is 44.1 Å². The van der Waals surface area contributed by atoms with Crippen LogP contribution in [0.15, 0.2) is 4.99 Å². The third-order valence-corrected chi connectivity index (χ3v) is 11.6. The number of carbonyl (C=O) groups is 6. The fraction of sp³-hybridized carbons (Fsp3) is 0.811. The zero-order chi connectivity index (χ0) is 40.0. The number of hydrogen-bond donors (Lipinski definition) is 5. The highest BCUT2D eigenvalue weighted by molar-refractivity contribution is 8.00. The lowest BCUT2D eigenvalue weighted by Crippen LogP contribution is -2.50. The van der Waals surface area contributed by atoms with E-state index < -0.39 is 23.2 Å². The van der Waals surface area contributed by atoms with E-state index in [1.807, 2.05) is 4.90 Å². The molecule has 3 rings (SSSR count). The van der Waals surface area contributed by atoms with Gasteiger partial charge in [0.25, 0.3) is 0 Å². The molecule has 2 aliphatic heterocycles. The van der Waals surface area contributed by atoms with Gasteiger partial charge in [0.15, 0.2) is 0 Å². The van der Waals surface area contributed by atoms with Crippen LogP contribution >= 0.6 is 11.8 Å². The first kappa shape index (κ1) is 46.1. The van der Waals surface area contributed by atoms with Crippen molar-refractivity contribution in [3.63, 3.8) is 0 Å². The quantitative estimate of drug-likeness (QED) is 0.0595. The Balaban J connectivity index is 1.45. The molecule has 0 aromatic heterocycles. The number of hydrogen-bond acceptors (Lipinski definition) is 12. The molecule has 0 bridgehead atoms. The average molecular weight is 797 g/mol. The number of carbonyl (C=O) groups excluding carboxylic acids is 3. The summed E-state index contributed by atoms with van der Waals surface area (Å²) in [5, 5.41) is 30.5. The zero-order valence-corrected chi connectivity index (χ0v) is 33.2. The number of likely N-dealkylation sites (tertiary alicyclic amines) is 1. The largest absolute Gasteiger partial charge is 0.480 e. The summed E-state index contributed by atoms with van der Waals surface area (Å²) in [6, 6.07) is 0.287. The Bertz CT molecular complexity index is 1250. The first-order chi connectivity index (χ1) is 26.4. The van der Waals surface area contributed by atoms with Crippen molar-refractivity contribution in [2.45, 2.75) is 94.8 Å². The molecule has 1 unspecified atom stereocenters. The van der Waals surface area contributed by atoms with Gasteiger partial charge in [-0.25, -0.2) is 0 Å². The number of nitrogens with two attached hydrogens (primary N) is 1. The molecule has 17 nitrogen and oxygen atoms in total. The molecule has 55 heavy (non-hydrogen) atoms. The Kier molecular flexibility index (Phi) is 21.6. The second kappa shape index (κ2) is 25.8. The van der Waals surface area contributed by atoms with Gasteiger partial charge in [-0.05, 0) is 25.0 Å². The zero-order valence-electron chi connectivity index (χ0n) is 32.4. The third kappa shape index (κ3) is 19.4. The fourth-order valence-electron chi connectivity index (χ4n) is 7.24. The van der Waals surface area contributed by atoms with E-state index in [2.05, 4.69) is 5.32 Å². The summed E-state index contributed by atoms with van der Waals surface area (Å²) in [5.74, 6) is -2.63. The summed E-state index contributed by atoms with van der Waals surface area (Å²) < 4.78 is 0. The number of carboxylic acids is 3. The van der Waals surface area contributed by atoms with Gasteiger partial charge in [-0.3, -0.25) is 58.3 Å². The van der Waals surface area contributed by atoms with E-state index in [1.54, 1.807) is 14.7 Å². The van der Waals surface area contributed by atoms with Crippen LogP contribution in [-0.4, -0.2) is 190 Å². The minimum absolute atomic E-state index is 0.0487. The molecule has 0 aromatic rings. The number of nitrogens with one attached hydrogen (secondary N) is 1. The Morgan fingerprint density at radius 1 is 0.691 bits per heavy atom. The van der Waals surface area contributed by atoms with Crippen molar-refractivity contribution in [2.24, 2.45) is 10.7 Å². The summed E-state index contributed by atoms with van der Waals surface area (Å²) in [6.45, 7) is 1.59. The minimum Gasteiger partial charge on any atom is -0.480 e. The lowest BCUT2D eigenvalue weighted by molar-refractivity contribution is -0.140. The number of amides is 3. The minimum atomic E-state index is -1.03. The number of rotatable bonds is 17. The summed E-state index contributed by atoms with van der Waals surface area (Å²) in [7, 11) is 0. The Hall–Kier alpha value is -3.32. The monoisotopic (exact) mass is 796 g/mol. The molecular formula is C37H64N8O9S. The van der Waals surface area contributed by atoms with E-state index in [0.717, 1.165) is 19.3 Å². The van der Waals surface area contributed by atoms with Crippen LogP contribution in [0.3, 0.4) is 0 Å². The summed E-state index contributed by atoms with van der Waals surface area (Å²) in [6.07, 6.45) is 13.9. The number of aliphatic carboxylic acids is 3. The van der Waals surface area contributed by atoms with Crippen molar-refractivity contribution in [3.05, 3.63) is 0 Å². The van der Waals surface area contributed by atoms with E-state index in [0.29, 0.717) is 31.1 Å².